The van der Waals surface area contributed by atoms with Crippen LogP contribution < -0.4 is 5.43 Å². The van der Waals surface area contributed by atoms with Crippen molar-refractivity contribution >= 4 is 5.97 Å². The van der Waals surface area contributed by atoms with Crippen molar-refractivity contribution in [3.8, 4) is 33.8 Å². The molecule has 0 bridgehead atoms. The molecule has 0 radical (unpaired) electrons. The van der Waals surface area contributed by atoms with Crippen molar-refractivity contribution in [2.45, 2.75) is 33.4 Å². The van der Waals surface area contributed by atoms with Crippen molar-refractivity contribution in [2.75, 3.05) is 0 Å². The highest BCUT2D eigenvalue weighted by Gasteiger charge is 2.37. The summed E-state index contributed by atoms with van der Waals surface area (Å²) in [6, 6.07) is 13.0. The molecule has 1 atom stereocenters. The van der Waals surface area contributed by atoms with Gasteiger partial charge in [-0.05, 0) is 47.4 Å². The van der Waals surface area contributed by atoms with E-state index in [9.17, 15) is 23.5 Å². The molecule has 4 aromatic rings. The first-order valence-electron chi connectivity index (χ1n) is 11.2. The number of halogens is 2. The van der Waals surface area contributed by atoms with Crippen LogP contribution in [0.25, 0.3) is 33.8 Å². The van der Waals surface area contributed by atoms with Crippen molar-refractivity contribution < 1.29 is 18.7 Å². The second-order valence-corrected chi connectivity index (χ2v) is 9.80. The maximum absolute atomic E-state index is 14.3. The molecule has 8 heteroatoms. The zero-order valence-electron chi connectivity index (χ0n) is 19.4. The number of hydrogen-bond donors (Lipinski definition) is 1. The van der Waals surface area contributed by atoms with Crippen LogP contribution in [0.15, 0.2) is 65.6 Å². The topological polar surface area (TPSA) is 77.1 Å². The quantitative estimate of drug-likeness (QED) is 0.417. The van der Waals surface area contributed by atoms with E-state index in [0.717, 1.165) is 0 Å². The Morgan fingerprint density at radius 3 is 2.37 bits per heavy atom. The number of nitrogens with zero attached hydrogens (tertiary/aromatic N) is 3. The Hall–Kier alpha value is -4.07. The molecule has 1 aliphatic rings. The van der Waals surface area contributed by atoms with Crippen molar-refractivity contribution in [3.05, 3.63) is 88.2 Å². The van der Waals surface area contributed by atoms with E-state index in [1.807, 2.05) is 25.3 Å². The van der Waals surface area contributed by atoms with Crippen molar-refractivity contribution in [3.63, 3.8) is 0 Å². The monoisotopic (exact) mass is 475 g/mol. The van der Waals surface area contributed by atoms with Gasteiger partial charge in [0.2, 0.25) is 0 Å². The van der Waals surface area contributed by atoms with Gasteiger partial charge in [-0.2, -0.15) is 5.10 Å². The van der Waals surface area contributed by atoms with Crippen molar-refractivity contribution in [2.24, 2.45) is 5.41 Å². The van der Waals surface area contributed by atoms with E-state index in [1.54, 1.807) is 28.9 Å². The third kappa shape index (κ3) is 3.84. The Balaban J connectivity index is 1.88. The molecule has 0 amide bonds. The smallest absolute Gasteiger partial charge is 0.341 e. The molecule has 0 aliphatic carbocycles. The van der Waals surface area contributed by atoms with Gasteiger partial charge in [0, 0.05) is 23.4 Å². The first-order chi connectivity index (χ1) is 16.5. The van der Waals surface area contributed by atoms with Crippen molar-refractivity contribution in [1.29, 1.82) is 0 Å². The lowest BCUT2D eigenvalue weighted by Gasteiger charge is -2.38. The van der Waals surface area contributed by atoms with Gasteiger partial charge in [0.15, 0.2) is 5.43 Å². The maximum Gasteiger partial charge on any atom is 0.341 e. The standard InChI is InChI=1S/C27H23F2N3O3/c1-27(2,3)22-14-32-25(20-12-21(33)19(26(34)35)13-31(20)22)23(16-5-4-6-18(29)11-16)24(30-32)15-7-9-17(28)10-8-15/h4-13,22H,14H2,1-3H3,(H,34,35)/t22-/m0/s1. The van der Waals surface area contributed by atoms with Gasteiger partial charge in [0.05, 0.1) is 24.0 Å². The summed E-state index contributed by atoms with van der Waals surface area (Å²) in [6.45, 7) is 6.49. The summed E-state index contributed by atoms with van der Waals surface area (Å²) in [5.74, 6) is -2.13. The minimum absolute atomic E-state index is 0.218. The minimum atomic E-state index is -1.30. The Morgan fingerprint density at radius 1 is 1.03 bits per heavy atom. The number of carboxylic acids is 1. The lowest BCUT2D eigenvalue weighted by atomic mass is 9.84. The van der Waals surface area contributed by atoms with E-state index >= 15 is 0 Å². The molecule has 2 aromatic heterocycles. The van der Waals surface area contributed by atoms with Gasteiger partial charge < -0.3 is 9.67 Å². The predicted molar refractivity (Wildman–Crippen MR) is 128 cm³/mol. The molecular formula is C27H23F2N3O3. The summed E-state index contributed by atoms with van der Waals surface area (Å²) in [7, 11) is 0. The number of pyridine rings is 1. The zero-order valence-corrected chi connectivity index (χ0v) is 19.4. The van der Waals surface area contributed by atoms with Crippen LogP contribution in [0.1, 0.15) is 37.2 Å². The molecule has 6 nitrogen and oxygen atoms in total. The van der Waals surface area contributed by atoms with Gasteiger partial charge in [0.25, 0.3) is 0 Å². The lowest BCUT2D eigenvalue weighted by molar-refractivity contribution is 0.0693. The normalized spacial score (nSPS) is 14.9. The van der Waals surface area contributed by atoms with E-state index in [0.29, 0.717) is 40.3 Å². The molecule has 35 heavy (non-hydrogen) atoms. The molecule has 0 saturated heterocycles. The van der Waals surface area contributed by atoms with E-state index in [1.165, 1.54) is 36.5 Å². The van der Waals surface area contributed by atoms with Crippen LogP contribution >= 0.6 is 0 Å². The zero-order chi connectivity index (χ0) is 25.1. The van der Waals surface area contributed by atoms with Gasteiger partial charge in [-0.1, -0.05) is 32.9 Å². The van der Waals surface area contributed by atoms with Crippen LogP contribution in [0.4, 0.5) is 8.78 Å². The predicted octanol–water partition coefficient (Wildman–Crippen LogP) is 5.62. The number of rotatable bonds is 3. The fourth-order valence-electron chi connectivity index (χ4n) is 4.68. The molecule has 3 heterocycles. The van der Waals surface area contributed by atoms with E-state index in [4.69, 9.17) is 5.10 Å². The molecule has 5 rings (SSSR count). The van der Waals surface area contributed by atoms with E-state index < -0.39 is 23.0 Å². The third-order valence-corrected chi connectivity index (χ3v) is 6.42. The Morgan fingerprint density at radius 2 is 1.74 bits per heavy atom. The molecule has 1 N–H and O–H groups in total. The van der Waals surface area contributed by atoms with Crippen LogP contribution in [0.3, 0.4) is 0 Å². The van der Waals surface area contributed by atoms with Crippen LogP contribution in [0.5, 0.6) is 0 Å². The molecular weight excluding hydrogens is 452 g/mol. The summed E-state index contributed by atoms with van der Waals surface area (Å²) in [5.41, 5.74) is 2.09. The van der Waals surface area contributed by atoms with Crippen molar-refractivity contribution in [1.82, 2.24) is 14.3 Å². The van der Waals surface area contributed by atoms with Crippen LogP contribution in [-0.2, 0) is 6.54 Å². The van der Waals surface area contributed by atoms with Crippen LogP contribution in [0, 0.1) is 17.0 Å². The highest BCUT2D eigenvalue weighted by molar-refractivity contribution is 5.92. The number of aromatic carboxylic acids is 1. The van der Waals surface area contributed by atoms with Crippen LogP contribution in [-0.4, -0.2) is 25.4 Å². The summed E-state index contributed by atoms with van der Waals surface area (Å²) >= 11 is 0. The average molecular weight is 475 g/mol. The fraction of sp³-hybridized carbons (Fsp3) is 0.222. The summed E-state index contributed by atoms with van der Waals surface area (Å²) < 4.78 is 31.6. The number of carbonyl (C=O) groups is 1. The minimum Gasteiger partial charge on any atom is -0.477 e. The molecule has 0 fully saturated rings. The van der Waals surface area contributed by atoms with Crippen LogP contribution in [0.2, 0.25) is 0 Å². The Kier molecular flexibility index (Phi) is 5.20. The van der Waals surface area contributed by atoms with Gasteiger partial charge in [-0.25, -0.2) is 13.6 Å². The third-order valence-electron chi connectivity index (χ3n) is 6.42. The molecule has 2 aromatic carbocycles. The number of carboxylic acid groups (broad SMARTS) is 1. The molecule has 178 valence electrons. The number of hydrogen-bond acceptors (Lipinski definition) is 3. The van der Waals surface area contributed by atoms with E-state index in [-0.39, 0.29) is 17.0 Å². The summed E-state index contributed by atoms with van der Waals surface area (Å²) in [5, 5.41) is 14.4. The van der Waals surface area contributed by atoms with Gasteiger partial charge >= 0.3 is 5.97 Å². The second-order valence-electron chi connectivity index (χ2n) is 9.80. The van der Waals surface area contributed by atoms with Gasteiger partial charge in [-0.3, -0.25) is 9.48 Å². The molecule has 0 unspecified atom stereocenters. The fourth-order valence-corrected chi connectivity index (χ4v) is 4.68. The second kappa shape index (κ2) is 8.01. The number of benzene rings is 2. The molecule has 1 aliphatic heterocycles. The Bertz CT molecular complexity index is 1530. The highest BCUT2D eigenvalue weighted by atomic mass is 19.1. The first-order valence-corrected chi connectivity index (χ1v) is 11.2. The largest absolute Gasteiger partial charge is 0.477 e. The van der Waals surface area contributed by atoms with E-state index in [2.05, 4.69) is 0 Å². The maximum atomic E-state index is 14.3. The van der Waals surface area contributed by atoms with Gasteiger partial charge in [0.1, 0.15) is 22.9 Å². The SMILES string of the molecule is CC(C)(C)[C@@H]1Cn2nc(-c3ccc(F)cc3)c(-c3cccc(F)c3)c2-c2cc(=O)c(C(=O)O)cn21. The average Bonchev–Trinajstić information content (AvgIpc) is 3.17. The molecule has 0 saturated carbocycles. The molecule has 0 spiro atoms. The summed E-state index contributed by atoms with van der Waals surface area (Å²) in [4.78, 5) is 24.5. The number of fused-ring (bicyclic) bond motifs is 3. The summed E-state index contributed by atoms with van der Waals surface area (Å²) in [6.07, 6.45) is 1.39. The number of aromatic nitrogens is 3. The lowest BCUT2D eigenvalue weighted by Crippen LogP contribution is -2.35. The first kappa shape index (κ1) is 22.7. The van der Waals surface area contributed by atoms with Gasteiger partial charge in [-0.15, -0.1) is 0 Å². The highest BCUT2D eigenvalue weighted by Crippen LogP contribution is 2.46. The Labute approximate surface area is 200 Å².